The summed E-state index contributed by atoms with van der Waals surface area (Å²) in [5, 5.41) is 29.6. The van der Waals surface area contributed by atoms with Crippen LogP contribution in [0.25, 0.3) is 0 Å². The fourth-order valence-corrected chi connectivity index (χ4v) is 4.20. The van der Waals surface area contributed by atoms with Gasteiger partial charge in [0.1, 0.15) is 6.61 Å². The lowest BCUT2D eigenvalue weighted by Crippen LogP contribution is -2.31. The van der Waals surface area contributed by atoms with E-state index in [1.54, 1.807) is 24.3 Å². The lowest BCUT2D eigenvalue weighted by molar-refractivity contribution is -0.138. The molecule has 1 heterocycles. The minimum Gasteiger partial charge on any atom is -0.494 e. The van der Waals surface area contributed by atoms with Crippen molar-refractivity contribution in [3.8, 4) is 17.5 Å². The van der Waals surface area contributed by atoms with Gasteiger partial charge in [0.25, 0.3) is 0 Å². The molecule has 7 nitrogen and oxygen atoms in total. The van der Waals surface area contributed by atoms with Crippen LogP contribution in [-0.4, -0.2) is 43.9 Å². The summed E-state index contributed by atoms with van der Waals surface area (Å²) in [7, 11) is 0. The van der Waals surface area contributed by atoms with E-state index in [1.165, 1.54) is 28.8 Å². The number of aromatic hydroxyl groups is 2. The molecule has 0 aliphatic rings. The Labute approximate surface area is 212 Å². The van der Waals surface area contributed by atoms with Crippen LogP contribution in [0.3, 0.4) is 0 Å². The normalized spacial score (nSPS) is 12.1. The summed E-state index contributed by atoms with van der Waals surface area (Å²) in [5.41, 5.74) is 1.37. The zero-order valence-corrected chi connectivity index (χ0v) is 20.6. The van der Waals surface area contributed by atoms with Gasteiger partial charge in [-0.25, -0.2) is 4.39 Å². The SMILES string of the molecule is CCCN(Cc1ccc(OCCn2c(O)ccc2O)c(F)c1)C(CC(=O)O)c1ccc(Cl)c(Cl)c1. The second-order valence-electron chi connectivity index (χ2n) is 8.07. The van der Waals surface area contributed by atoms with Gasteiger partial charge in [-0.15, -0.1) is 0 Å². The first-order valence-electron chi connectivity index (χ1n) is 11.1. The number of benzene rings is 2. The van der Waals surface area contributed by atoms with Crippen LogP contribution in [0.5, 0.6) is 17.5 Å². The van der Waals surface area contributed by atoms with Gasteiger partial charge in [0.2, 0.25) is 0 Å². The van der Waals surface area contributed by atoms with Crippen LogP contribution < -0.4 is 4.74 Å². The summed E-state index contributed by atoms with van der Waals surface area (Å²) in [6.07, 6.45) is 0.612. The van der Waals surface area contributed by atoms with Crippen LogP contribution in [0, 0.1) is 5.82 Å². The van der Waals surface area contributed by atoms with Gasteiger partial charge in [0, 0.05) is 24.7 Å². The van der Waals surface area contributed by atoms with Crippen LogP contribution >= 0.6 is 23.2 Å². The maximum atomic E-state index is 14.8. The van der Waals surface area contributed by atoms with Crippen molar-refractivity contribution >= 4 is 29.2 Å². The molecule has 2 aromatic carbocycles. The molecule has 0 aliphatic carbocycles. The highest BCUT2D eigenvalue weighted by Crippen LogP contribution is 2.32. The van der Waals surface area contributed by atoms with Gasteiger partial charge in [-0.1, -0.05) is 42.3 Å². The average Bonchev–Trinajstić information content (AvgIpc) is 3.12. The Morgan fingerprint density at radius 3 is 2.40 bits per heavy atom. The molecule has 3 N–H and O–H groups in total. The van der Waals surface area contributed by atoms with E-state index in [0.717, 1.165) is 6.42 Å². The monoisotopic (exact) mass is 524 g/mol. The van der Waals surface area contributed by atoms with Crippen molar-refractivity contribution in [1.29, 1.82) is 0 Å². The summed E-state index contributed by atoms with van der Waals surface area (Å²) in [6.45, 7) is 3.05. The van der Waals surface area contributed by atoms with E-state index in [-0.39, 0.29) is 37.1 Å². The molecule has 1 atom stereocenters. The van der Waals surface area contributed by atoms with Crippen LogP contribution in [0.4, 0.5) is 4.39 Å². The van der Waals surface area contributed by atoms with Crippen molar-refractivity contribution in [2.24, 2.45) is 0 Å². The lowest BCUT2D eigenvalue weighted by Gasteiger charge is -2.31. The van der Waals surface area contributed by atoms with Crippen LogP contribution in [-0.2, 0) is 17.9 Å². The van der Waals surface area contributed by atoms with Gasteiger partial charge in [0.05, 0.1) is 23.0 Å². The molecule has 0 fully saturated rings. The van der Waals surface area contributed by atoms with E-state index in [9.17, 15) is 24.5 Å². The number of aromatic nitrogens is 1. The molecule has 0 saturated heterocycles. The minimum atomic E-state index is -0.961. The van der Waals surface area contributed by atoms with Crippen LogP contribution in [0.2, 0.25) is 10.0 Å². The quantitative estimate of drug-likeness (QED) is 0.275. The summed E-state index contributed by atoms with van der Waals surface area (Å²) in [5.74, 6) is -1.72. The topological polar surface area (TPSA) is 95.2 Å². The van der Waals surface area contributed by atoms with Crippen molar-refractivity contribution in [2.45, 2.75) is 38.9 Å². The highest BCUT2D eigenvalue weighted by atomic mass is 35.5. The largest absolute Gasteiger partial charge is 0.494 e. The summed E-state index contributed by atoms with van der Waals surface area (Å²) >= 11 is 12.2. The Hall–Kier alpha value is -2.94. The number of halogens is 3. The predicted octanol–water partition coefficient (Wildman–Crippen LogP) is 5.85. The molecular formula is C25H27Cl2FN2O5. The van der Waals surface area contributed by atoms with Crippen LogP contribution in [0.1, 0.15) is 36.9 Å². The first-order chi connectivity index (χ1) is 16.7. The van der Waals surface area contributed by atoms with E-state index in [1.807, 2.05) is 11.8 Å². The lowest BCUT2D eigenvalue weighted by atomic mass is 10.0. The van der Waals surface area contributed by atoms with Gasteiger partial charge < -0.3 is 20.1 Å². The Morgan fingerprint density at radius 1 is 1.09 bits per heavy atom. The summed E-state index contributed by atoms with van der Waals surface area (Å²) < 4.78 is 21.5. The molecule has 0 bridgehead atoms. The number of carboxylic acids is 1. The number of hydrogen-bond donors (Lipinski definition) is 3. The first kappa shape index (κ1) is 26.7. The summed E-state index contributed by atoms with van der Waals surface area (Å²) in [4.78, 5) is 13.6. The number of ether oxygens (including phenoxy) is 1. The fourth-order valence-electron chi connectivity index (χ4n) is 3.89. The second kappa shape index (κ2) is 12.2. The molecule has 188 valence electrons. The smallest absolute Gasteiger partial charge is 0.305 e. The molecule has 0 amide bonds. The van der Waals surface area contributed by atoms with Crippen molar-refractivity contribution in [3.63, 3.8) is 0 Å². The van der Waals surface area contributed by atoms with Gasteiger partial charge in [-0.05, 0) is 48.4 Å². The van der Waals surface area contributed by atoms with E-state index in [2.05, 4.69) is 0 Å². The summed E-state index contributed by atoms with van der Waals surface area (Å²) in [6, 6.07) is 11.9. The molecule has 35 heavy (non-hydrogen) atoms. The number of carbonyl (C=O) groups is 1. The van der Waals surface area contributed by atoms with Gasteiger partial charge in [-0.2, -0.15) is 0 Å². The van der Waals surface area contributed by atoms with E-state index >= 15 is 0 Å². The van der Waals surface area contributed by atoms with Crippen molar-refractivity contribution in [1.82, 2.24) is 9.47 Å². The van der Waals surface area contributed by atoms with Crippen molar-refractivity contribution in [2.75, 3.05) is 13.2 Å². The second-order valence-corrected chi connectivity index (χ2v) is 8.89. The third-order valence-corrected chi connectivity index (χ3v) is 6.28. The number of carboxylic acid groups (broad SMARTS) is 1. The van der Waals surface area contributed by atoms with Crippen LogP contribution in [0.15, 0.2) is 48.5 Å². The van der Waals surface area contributed by atoms with Gasteiger partial charge >= 0.3 is 5.97 Å². The molecule has 0 radical (unpaired) electrons. The predicted molar refractivity (Wildman–Crippen MR) is 132 cm³/mol. The number of nitrogens with zero attached hydrogens (tertiary/aromatic N) is 2. The van der Waals surface area contributed by atoms with E-state index in [0.29, 0.717) is 34.3 Å². The average molecular weight is 525 g/mol. The van der Waals surface area contributed by atoms with Crippen molar-refractivity contribution < 1.29 is 29.2 Å². The third-order valence-electron chi connectivity index (χ3n) is 5.54. The zero-order chi connectivity index (χ0) is 25.5. The van der Waals surface area contributed by atoms with E-state index < -0.39 is 17.8 Å². The molecule has 0 saturated carbocycles. The Bertz CT molecular complexity index is 1150. The molecule has 1 aromatic heterocycles. The number of hydrogen-bond acceptors (Lipinski definition) is 5. The molecule has 0 aliphatic heterocycles. The van der Waals surface area contributed by atoms with Gasteiger partial charge in [-0.3, -0.25) is 14.3 Å². The molecule has 3 rings (SSSR count). The molecule has 0 spiro atoms. The molecule has 3 aromatic rings. The first-order valence-corrected chi connectivity index (χ1v) is 11.8. The standard InChI is InChI=1S/C25H27Cl2FN2O5/c1-2-9-29(21(14-25(33)34)17-4-5-18(26)19(27)13-17)15-16-3-6-22(20(28)12-16)35-11-10-30-23(31)7-8-24(30)32/h3-8,12-13,21,31-32H,2,9-11,14-15H2,1H3,(H,33,34). The maximum Gasteiger partial charge on any atom is 0.305 e. The van der Waals surface area contributed by atoms with Gasteiger partial charge in [0.15, 0.2) is 23.3 Å². The molecular weight excluding hydrogens is 498 g/mol. The molecule has 1 unspecified atom stereocenters. The number of rotatable bonds is 12. The molecule has 10 heteroatoms. The Balaban J connectivity index is 1.74. The minimum absolute atomic E-state index is 0.0338. The fraction of sp³-hybridized carbons (Fsp3) is 0.320. The zero-order valence-electron chi connectivity index (χ0n) is 19.1. The highest BCUT2D eigenvalue weighted by Gasteiger charge is 2.24. The van der Waals surface area contributed by atoms with Crippen molar-refractivity contribution in [3.05, 3.63) is 75.5 Å². The Morgan fingerprint density at radius 2 is 1.80 bits per heavy atom. The third kappa shape index (κ3) is 7.04. The highest BCUT2D eigenvalue weighted by molar-refractivity contribution is 6.42. The van der Waals surface area contributed by atoms with E-state index in [4.69, 9.17) is 27.9 Å². The Kier molecular flexibility index (Phi) is 9.26. The number of aliphatic carboxylic acids is 1. The maximum absolute atomic E-state index is 14.8.